The standard InChI is InChI=1S/C20H24N4O3S/c1-14(2)24-19-16(13-22-24)12-18(15(3)23-19)20(25)21-10-7-11-28(26,27)17-8-5-4-6-9-17/h4-6,8-9,12-14H,7,10-11H2,1-3H3,(H,21,25). The molecule has 28 heavy (non-hydrogen) atoms. The number of fused-ring (bicyclic) bond motifs is 1. The maximum Gasteiger partial charge on any atom is 0.253 e. The highest BCUT2D eigenvalue weighted by atomic mass is 32.2. The van der Waals surface area contributed by atoms with Crippen molar-refractivity contribution < 1.29 is 13.2 Å². The molecule has 1 amide bonds. The predicted octanol–water partition coefficient (Wildman–Crippen LogP) is 2.91. The third-order valence-corrected chi connectivity index (χ3v) is 6.29. The monoisotopic (exact) mass is 400 g/mol. The van der Waals surface area contributed by atoms with Gasteiger partial charge in [0.2, 0.25) is 0 Å². The van der Waals surface area contributed by atoms with Crippen LogP contribution >= 0.6 is 0 Å². The van der Waals surface area contributed by atoms with Gasteiger partial charge in [-0.15, -0.1) is 0 Å². The minimum absolute atomic E-state index is 0.0191. The Kier molecular flexibility index (Phi) is 5.79. The summed E-state index contributed by atoms with van der Waals surface area (Å²) in [6.45, 7) is 6.10. The Morgan fingerprint density at radius 3 is 2.61 bits per heavy atom. The smallest absolute Gasteiger partial charge is 0.253 e. The van der Waals surface area contributed by atoms with Crippen LogP contribution in [0.5, 0.6) is 0 Å². The lowest BCUT2D eigenvalue weighted by Gasteiger charge is -2.10. The molecule has 3 rings (SSSR count). The van der Waals surface area contributed by atoms with E-state index < -0.39 is 9.84 Å². The summed E-state index contributed by atoms with van der Waals surface area (Å²) in [5.41, 5.74) is 1.84. The molecule has 0 saturated carbocycles. The molecule has 8 heteroatoms. The van der Waals surface area contributed by atoms with E-state index in [1.54, 1.807) is 49.5 Å². The number of hydrogen-bond donors (Lipinski definition) is 1. The summed E-state index contributed by atoms with van der Waals surface area (Å²) in [6.07, 6.45) is 2.04. The van der Waals surface area contributed by atoms with Gasteiger partial charge in [-0.25, -0.2) is 18.1 Å². The number of aromatic nitrogens is 3. The molecule has 0 radical (unpaired) electrons. The Bertz CT molecular complexity index is 1090. The maximum atomic E-state index is 12.5. The molecular formula is C20H24N4O3S. The van der Waals surface area contributed by atoms with Gasteiger partial charge < -0.3 is 5.32 Å². The fourth-order valence-electron chi connectivity index (χ4n) is 2.98. The highest BCUT2D eigenvalue weighted by molar-refractivity contribution is 7.91. The number of carbonyl (C=O) groups excluding carboxylic acids is 1. The van der Waals surface area contributed by atoms with E-state index in [0.717, 1.165) is 11.0 Å². The van der Waals surface area contributed by atoms with Gasteiger partial charge in [0.25, 0.3) is 5.91 Å². The molecule has 0 aliphatic heterocycles. The van der Waals surface area contributed by atoms with Crippen LogP contribution in [0.15, 0.2) is 47.5 Å². The Morgan fingerprint density at radius 2 is 1.93 bits per heavy atom. The molecule has 0 atom stereocenters. The van der Waals surface area contributed by atoms with E-state index in [2.05, 4.69) is 15.4 Å². The predicted molar refractivity (Wildman–Crippen MR) is 108 cm³/mol. The van der Waals surface area contributed by atoms with Crippen molar-refractivity contribution in [1.29, 1.82) is 0 Å². The quantitative estimate of drug-likeness (QED) is 0.616. The molecule has 0 bridgehead atoms. The van der Waals surface area contributed by atoms with Crippen molar-refractivity contribution in [3.05, 3.63) is 53.9 Å². The zero-order chi connectivity index (χ0) is 20.3. The van der Waals surface area contributed by atoms with Crippen molar-refractivity contribution in [3.8, 4) is 0 Å². The number of sulfone groups is 1. The van der Waals surface area contributed by atoms with Gasteiger partial charge in [-0.05, 0) is 45.4 Å². The largest absolute Gasteiger partial charge is 0.352 e. The zero-order valence-corrected chi connectivity index (χ0v) is 17.0. The lowest BCUT2D eigenvalue weighted by molar-refractivity contribution is 0.0953. The minimum atomic E-state index is -3.34. The van der Waals surface area contributed by atoms with Crippen molar-refractivity contribution in [1.82, 2.24) is 20.1 Å². The lowest BCUT2D eigenvalue weighted by Crippen LogP contribution is -2.27. The molecule has 0 saturated heterocycles. The molecule has 0 unspecified atom stereocenters. The Morgan fingerprint density at radius 1 is 1.21 bits per heavy atom. The van der Waals surface area contributed by atoms with Gasteiger partial charge in [-0.1, -0.05) is 18.2 Å². The van der Waals surface area contributed by atoms with E-state index in [0.29, 0.717) is 22.6 Å². The molecule has 0 spiro atoms. The minimum Gasteiger partial charge on any atom is -0.352 e. The molecule has 0 aliphatic rings. The fourth-order valence-corrected chi connectivity index (χ4v) is 4.31. The van der Waals surface area contributed by atoms with Gasteiger partial charge in [0.1, 0.15) is 0 Å². The number of benzene rings is 1. The summed E-state index contributed by atoms with van der Waals surface area (Å²) in [5, 5.41) is 7.91. The van der Waals surface area contributed by atoms with Crippen LogP contribution < -0.4 is 5.32 Å². The number of amides is 1. The Hall–Kier alpha value is -2.74. The molecule has 2 aromatic heterocycles. The number of aryl methyl sites for hydroxylation is 1. The second-order valence-corrected chi connectivity index (χ2v) is 9.07. The van der Waals surface area contributed by atoms with Crippen LogP contribution in [0.4, 0.5) is 0 Å². The third kappa shape index (κ3) is 4.22. The first kappa shape index (κ1) is 20.0. The highest BCUT2D eigenvalue weighted by Gasteiger charge is 2.16. The zero-order valence-electron chi connectivity index (χ0n) is 16.2. The van der Waals surface area contributed by atoms with E-state index >= 15 is 0 Å². The molecule has 1 aromatic carbocycles. The van der Waals surface area contributed by atoms with Crippen LogP contribution in [0.3, 0.4) is 0 Å². The van der Waals surface area contributed by atoms with Crippen LogP contribution in [0, 0.1) is 6.92 Å². The van der Waals surface area contributed by atoms with Gasteiger partial charge in [0.15, 0.2) is 15.5 Å². The summed E-state index contributed by atoms with van der Waals surface area (Å²) in [6, 6.07) is 10.3. The average Bonchev–Trinajstić information content (AvgIpc) is 3.08. The van der Waals surface area contributed by atoms with Crippen molar-refractivity contribution in [2.75, 3.05) is 12.3 Å². The number of nitrogens with zero attached hydrogens (tertiary/aromatic N) is 3. The second kappa shape index (κ2) is 8.10. The normalized spacial score (nSPS) is 11.9. The van der Waals surface area contributed by atoms with Crippen molar-refractivity contribution in [3.63, 3.8) is 0 Å². The van der Waals surface area contributed by atoms with Crippen LogP contribution in [0.1, 0.15) is 42.4 Å². The summed E-state index contributed by atoms with van der Waals surface area (Å²) in [5.74, 6) is -0.282. The number of pyridine rings is 1. The van der Waals surface area contributed by atoms with Crippen molar-refractivity contribution in [2.45, 2.75) is 38.1 Å². The molecular weight excluding hydrogens is 376 g/mol. The molecule has 2 heterocycles. The van der Waals surface area contributed by atoms with Gasteiger partial charge in [0, 0.05) is 18.0 Å². The first-order chi connectivity index (χ1) is 13.3. The molecule has 148 valence electrons. The highest BCUT2D eigenvalue weighted by Crippen LogP contribution is 2.19. The third-order valence-electron chi connectivity index (χ3n) is 4.47. The second-order valence-electron chi connectivity index (χ2n) is 6.96. The number of carbonyl (C=O) groups is 1. The molecule has 7 nitrogen and oxygen atoms in total. The van der Waals surface area contributed by atoms with Crippen LogP contribution in [0.2, 0.25) is 0 Å². The summed E-state index contributed by atoms with van der Waals surface area (Å²) >= 11 is 0. The molecule has 0 fully saturated rings. The molecule has 0 aliphatic carbocycles. The first-order valence-electron chi connectivity index (χ1n) is 9.20. The first-order valence-corrected chi connectivity index (χ1v) is 10.9. The average molecular weight is 401 g/mol. The molecule has 1 N–H and O–H groups in total. The topological polar surface area (TPSA) is 93.9 Å². The van der Waals surface area contributed by atoms with Crippen molar-refractivity contribution >= 4 is 26.8 Å². The number of nitrogens with one attached hydrogen (secondary N) is 1. The summed E-state index contributed by atoms with van der Waals surface area (Å²) < 4.78 is 26.4. The van der Waals surface area contributed by atoms with E-state index in [9.17, 15) is 13.2 Å². The van der Waals surface area contributed by atoms with E-state index in [-0.39, 0.29) is 24.2 Å². The van der Waals surface area contributed by atoms with E-state index in [1.807, 2.05) is 18.5 Å². The van der Waals surface area contributed by atoms with Crippen LogP contribution in [-0.2, 0) is 9.84 Å². The SMILES string of the molecule is Cc1nc2c(cnn2C(C)C)cc1C(=O)NCCCS(=O)(=O)c1ccccc1. The Labute approximate surface area is 164 Å². The number of hydrogen-bond acceptors (Lipinski definition) is 5. The van der Waals surface area contributed by atoms with Gasteiger partial charge in [-0.3, -0.25) is 4.79 Å². The number of rotatable bonds is 7. The summed E-state index contributed by atoms with van der Waals surface area (Å²) in [7, 11) is -3.34. The Balaban J connectivity index is 1.63. The van der Waals surface area contributed by atoms with Crippen molar-refractivity contribution in [2.24, 2.45) is 0 Å². The lowest BCUT2D eigenvalue weighted by atomic mass is 10.1. The van der Waals surface area contributed by atoms with Gasteiger partial charge >= 0.3 is 0 Å². The maximum absolute atomic E-state index is 12.5. The van der Waals surface area contributed by atoms with E-state index in [4.69, 9.17) is 0 Å². The van der Waals surface area contributed by atoms with Gasteiger partial charge in [-0.2, -0.15) is 5.10 Å². The van der Waals surface area contributed by atoms with Crippen LogP contribution in [-0.4, -0.2) is 41.4 Å². The van der Waals surface area contributed by atoms with E-state index in [1.165, 1.54) is 0 Å². The van der Waals surface area contributed by atoms with Crippen LogP contribution in [0.25, 0.3) is 11.0 Å². The van der Waals surface area contributed by atoms with Gasteiger partial charge in [0.05, 0.1) is 28.1 Å². The molecule has 3 aromatic rings. The summed E-state index contributed by atoms with van der Waals surface area (Å²) in [4.78, 5) is 17.3. The fraction of sp³-hybridized carbons (Fsp3) is 0.350.